The molecule has 0 spiro atoms. The van der Waals surface area contributed by atoms with Gasteiger partial charge in [0.1, 0.15) is 5.69 Å². The molecule has 3 rings (SSSR count). The van der Waals surface area contributed by atoms with Crippen LogP contribution in [0, 0.1) is 6.92 Å². The monoisotopic (exact) mass is 264 g/mol. The molecule has 1 N–H and O–H groups in total. The van der Waals surface area contributed by atoms with Gasteiger partial charge in [-0.2, -0.15) is 10.1 Å². The van der Waals surface area contributed by atoms with Crippen molar-refractivity contribution in [3.05, 3.63) is 27.1 Å². The zero-order chi connectivity index (χ0) is 12.7. The van der Waals surface area contributed by atoms with E-state index in [9.17, 15) is 9.59 Å². The molecule has 1 saturated carbocycles. The van der Waals surface area contributed by atoms with Crippen molar-refractivity contribution >= 4 is 22.2 Å². The smallest absolute Gasteiger partial charge is 0.295 e. The average Bonchev–Trinajstić information content (AvgIpc) is 3.05. The predicted octanol–water partition coefficient (Wildman–Crippen LogP) is 0.281. The lowest BCUT2D eigenvalue weighted by Gasteiger charge is -2.02. The SMILES string of the molecule is Cc1nn2c(CC(=O)NC3CC3)csc2nc1=O. The maximum absolute atomic E-state index is 11.7. The first-order chi connectivity index (χ1) is 8.63. The minimum absolute atomic E-state index is 0.00430. The van der Waals surface area contributed by atoms with Crippen LogP contribution >= 0.6 is 11.3 Å². The van der Waals surface area contributed by atoms with Gasteiger partial charge in [-0.25, -0.2) is 4.52 Å². The van der Waals surface area contributed by atoms with Gasteiger partial charge in [-0.3, -0.25) is 9.59 Å². The van der Waals surface area contributed by atoms with Gasteiger partial charge in [0, 0.05) is 11.4 Å². The lowest BCUT2D eigenvalue weighted by molar-refractivity contribution is -0.120. The van der Waals surface area contributed by atoms with Crippen molar-refractivity contribution in [3.63, 3.8) is 0 Å². The summed E-state index contributed by atoms with van der Waals surface area (Å²) in [5.74, 6) is -0.00430. The minimum Gasteiger partial charge on any atom is -0.353 e. The third-order valence-corrected chi connectivity index (χ3v) is 3.66. The van der Waals surface area contributed by atoms with Crippen LogP contribution in [-0.2, 0) is 11.2 Å². The van der Waals surface area contributed by atoms with Crippen molar-refractivity contribution < 1.29 is 4.79 Å². The van der Waals surface area contributed by atoms with E-state index in [2.05, 4.69) is 15.4 Å². The van der Waals surface area contributed by atoms with Crippen molar-refractivity contribution in [2.45, 2.75) is 32.2 Å². The summed E-state index contributed by atoms with van der Waals surface area (Å²) in [6.45, 7) is 1.62. The highest BCUT2D eigenvalue weighted by Crippen LogP contribution is 2.19. The molecule has 0 bridgehead atoms. The summed E-state index contributed by atoms with van der Waals surface area (Å²) in [6, 6.07) is 0.355. The second kappa shape index (κ2) is 4.16. The highest BCUT2D eigenvalue weighted by atomic mass is 32.1. The quantitative estimate of drug-likeness (QED) is 0.864. The maximum Gasteiger partial charge on any atom is 0.295 e. The number of hydrogen-bond donors (Lipinski definition) is 1. The van der Waals surface area contributed by atoms with Crippen LogP contribution in [-0.4, -0.2) is 26.5 Å². The highest BCUT2D eigenvalue weighted by Gasteiger charge is 2.23. The lowest BCUT2D eigenvalue weighted by Crippen LogP contribution is -2.27. The Morgan fingerprint density at radius 3 is 3.11 bits per heavy atom. The van der Waals surface area contributed by atoms with Gasteiger partial charge >= 0.3 is 0 Å². The van der Waals surface area contributed by atoms with E-state index in [1.165, 1.54) is 11.3 Å². The number of thiazole rings is 1. The van der Waals surface area contributed by atoms with Gasteiger partial charge < -0.3 is 5.32 Å². The first-order valence-electron chi connectivity index (χ1n) is 5.77. The molecule has 0 saturated heterocycles. The van der Waals surface area contributed by atoms with E-state index < -0.39 is 0 Å². The van der Waals surface area contributed by atoms with E-state index in [-0.39, 0.29) is 17.9 Å². The van der Waals surface area contributed by atoms with E-state index in [4.69, 9.17) is 0 Å². The van der Waals surface area contributed by atoms with Gasteiger partial charge in [-0.15, -0.1) is 11.3 Å². The molecule has 7 heteroatoms. The Balaban J connectivity index is 1.89. The van der Waals surface area contributed by atoms with Crippen molar-refractivity contribution in [2.75, 3.05) is 0 Å². The number of hydrogen-bond acceptors (Lipinski definition) is 5. The number of nitrogens with zero attached hydrogens (tertiary/aromatic N) is 3. The molecular weight excluding hydrogens is 252 g/mol. The molecule has 0 aliphatic heterocycles. The Hall–Kier alpha value is -1.76. The summed E-state index contributed by atoms with van der Waals surface area (Å²) in [4.78, 5) is 27.5. The first kappa shape index (κ1) is 11.3. The fraction of sp³-hybridized carbons (Fsp3) is 0.455. The summed E-state index contributed by atoms with van der Waals surface area (Å²) in [5.41, 5.74) is 0.796. The van der Waals surface area contributed by atoms with E-state index in [0.29, 0.717) is 16.7 Å². The van der Waals surface area contributed by atoms with E-state index in [1.54, 1.807) is 11.4 Å². The molecule has 94 valence electrons. The van der Waals surface area contributed by atoms with Gasteiger partial charge in [0.15, 0.2) is 0 Å². The van der Waals surface area contributed by atoms with Crippen LogP contribution in [0.5, 0.6) is 0 Å². The summed E-state index contributed by atoms with van der Waals surface area (Å²) in [6.07, 6.45) is 2.41. The average molecular weight is 264 g/mol. The van der Waals surface area contributed by atoms with Gasteiger partial charge in [-0.1, -0.05) is 0 Å². The van der Waals surface area contributed by atoms with Crippen molar-refractivity contribution in [2.24, 2.45) is 0 Å². The molecule has 0 unspecified atom stereocenters. The summed E-state index contributed by atoms with van der Waals surface area (Å²) < 4.78 is 1.58. The number of amides is 1. The number of nitrogens with one attached hydrogen (secondary N) is 1. The molecule has 2 heterocycles. The molecule has 2 aromatic heterocycles. The molecule has 2 aromatic rings. The summed E-state index contributed by atoms with van der Waals surface area (Å²) in [7, 11) is 0. The Kier molecular flexibility index (Phi) is 2.62. The van der Waals surface area contributed by atoms with Crippen LogP contribution in [0.15, 0.2) is 10.2 Å². The molecule has 1 amide bonds. The third kappa shape index (κ3) is 2.13. The molecule has 0 aromatic carbocycles. The van der Waals surface area contributed by atoms with Gasteiger partial charge in [-0.05, 0) is 19.8 Å². The minimum atomic E-state index is -0.314. The van der Waals surface area contributed by atoms with Crippen LogP contribution in [0.1, 0.15) is 24.2 Å². The third-order valence-electron chi connectivity index (χ3n) is 2.79. The molecule has 1 aliphatic rings. The standard InChI is InChI=1S/C11H12N4O2S/c1-6-10(17)13-11-15(14-6)8(5-18-11)4-9(16)12-7-2-3-7/h5,7H,2-4H2,1H3,(H,12,16). The Morgan fingerprint density at radius 1 is 1.61 bits per heavy atom. The normalized spacial score (nSPS) is 14.9. The van der Waals surface area contributed by atoms with Crippen LogP contribution < -0.4 is 10.9 Å². The van der Waals surface area contributed by atoms with Gasteiger partial charge in [0.05, 0.1) is 12.1 Å². The second-order valence-electron chi connectivity index (χ2n) is 4.44. The Bertz CT molecular complexity index is 671. The zero-order valence-corrected chi connectivity index (χ0v) is 10.7. The lowest BCUT2D eigenvalue weighted by atomic mass is 10.3. The highest BCUT2D eigenvalue weighted by molar-refractivity contribution is 7.15. The Morgan fingerprint density at radius 2 is 2.39 bits per heavy atom. The largest absolute Gasteiger partial charge is 0.353 e. The Labute approximate surface area is 107 Å². The molecule has 1 aliphatic carbocycles. The topological polar surface area (TPSA) is 76.4 Å². The fourth-order valence-corrected chi connectivity index (χ4v) is 2.49. The van der Waals surface area contributed by atoms with Gasteiger partial charge in [0.2, 0.25) is 10.9 Å². The first-order valence-corrected chi connectivity index (χ1v) is 6.65. The summed E-state index contributed by atoms with van der Waals surface area (Å²) in [5, 5.41) is 8.90. The van der Waals surface area contributed by atoms with Gasteiger partial charge in [0.25, 0.3) is 5.56 Å². The fourth-order valence-electron chi connectivity index (χ4n) is 1.67. The van der Waals surface area contributed by atoms with Crippen molar-refractivity contribution in [3.8, 4) is 0 Å². The molecular formula is C11H12N4O2S. The number of aromatic nitrogens is 3. The number of aryl methyl sites for hydroxylation is 1. The predicted molar refractivity (Wildman–Crippen MR) is 66.7 cm³/mol. The second-order valence-corrected chi connectivity index (χ2v) is 5.28. The van der Waals surface area contributed by atoms with Crippen LogP contribution in [0.3, 0.4) is 0 Å². The van der Waals surface area contributed by atoms with E-state index >= 15 is 0 Å². The van der Waals surface area contributed by atoms with Crippen molar-refractivity contribution in [1.29, 1.82) is 0 Å². The van der Waals surface area contributed by atoms with Crippen molar-refractivity contribution in [1.82, 2.24) is 19.9 Å². The van der Waals surface area contributed by atoms with Crippen LogP contribution in [0.2, 0.25) is 0 Å². The van der Waals surface area contributed by atoms with E-state index in [1.807, 2.05) is 5.38 Å². The molecule has 6 nitrogen and oxygen atoms in total. The zero-order valence-electron chi connectivity index (χ0n) is 9.84. The number of carbonyl (C=O) groups is 1. The number of rotatable bonds is 3. The van der Waals surface area contributed by atoms with Crippen LogP contribution in [0.25, 0.3) is 4.96 Å². The molecule has 0 radical (unpaired) electrons. The van der Waals surface area contributed by atoms with Crippen LogP contribution in [0.4, 0.5) is 0 Å². The maximum atomic E-state index is 11.7. The van der Waals surface area contributed by atoms with E-state index in [0.717, 1.165) is 18.5 Å². The summed E-state index contributed by atoms with van der Waals surface area (Å²) >= 11 is 1.32. The molecule has 0 atom stereocenters. The molecule has 18 heavy (non-hydrogen) atoms. The number of carbonyl (C=O) groups excluding carboxylic acids is 1. The number of fused-ring (bicyclic) bond motifs is 1. The molecule has 1 fully saturated rings.